The fraction of sp³-hybridized carbons (Fsp3) is 0.632. The number of carbonyl (C=O) groups is 1. The van der Waals surface area contributed by atoms with Crippen LogP contribution in [-0.2, 0) is 25.0 Å². The Hall–Kier alpha value is -1.44. The van der Waals surface area contributed by atoms with E-state index in [9.17, 15) is 13.2 Å². The minimum absolute atomic E-state index is 0.240. The number of nitrogens with one attached hydrogen (secondary N) is 1. The molecular weight excluding hydrogens is 352 g/mol. The van der Waals surface area contributed by atoms with Crippen molar-refractivity contribution in [2.75, 3.05) is 33.3 Å². The first-order valence-corrected chi connectivity index (χ1v) is 10.8. The fourth-order valence-electron chi connectivity index (χ4n) is 3.73. The van der Waals surface area contributed by atoms with Gasteiger partial charge in [-0.15, -0.1) is 0 Å². The maximum atomic E-state index is 12.9. The van der Waals surface area contributed by atoms with Crippen LogP contribution < -0.4 is 5.32 Å². The number of rotatable bonds is 7. The third-order valence-electron chi connectivity index (χ3n) is 5.63. The van der Waals surface area contributed by atoms with Crippen LogP contribution in [0, 0.1) is 5.92 Å². The van der Waals surface area contributed by atoms with E-state index in [-0.39, 0.29) is 5.97 Å². The summed E-state index contributed by atoms with van der Waals surface area (Å²) >= 11 is 0. The van der Waals surface area contributed by atoms with Gasteiger partial charge in [-0.2, -0.15) is 4.31 Å². The molecule has 2 fully saturated rings. The van der Waals surface area contributed by atoms with Gasteiger partial charge in [-0.3, -0.25) is 4.79 Å². The number of hydrogen-bond donors (Lipinski definition) is 1. The third-order valence-corrected chi connectivity index (χ3v) is 7.54. The molecule has 1 saturated carbocycles. The minimum atomic E-state index is -3.48. The monoisotopic (exact) mass is 380 g/mol. The molecule has 1 heterocycles. The average Bonchev–Trinajstić information content (AvgIpc) is 3.48. The molecule has 1 aliphatic heterocycles. The summed E-state index contributed by atoms with van der Waals surface area (Å²) in [7, 11) is -2.09. The van der Waals surface area contributed by atoms with Crippen LogP contribution in [0.25, 0.3) is 0 Å². The second kappa shape index (κ2) is 7.66. The number of piperidine rings is 1. The Morgan fingerprint density at radius 3 is 2.35 bits per heavy atom. The standard InChI is InChI=1S/C19H28N2O4S/c1-3-20-14-15-8-12-21(13-9-15)26(23,24)17-6-4-16(5-7-17)19(10-11-19)18(22)25-2/h4-7,15,20H,3,8-14H2,1-2H3. The molecule has 0 unspecified atom stereocenters. The summed E-state index contributed by atoms with van der Waals surface area (Å²) in [5, 5.41) is 3.34. The van der Waals surface area contributed by atoms with E-state index in [0.717, 1.165) is 44.3 Å². The number of sulfonamides is 1. The first kappa shape index (κ1) is 19.3. The van der Waals surface area contributed by atoms with Gasteiger partial charge in [-0.05, 0) is 62.4 Å². The molecule has 6 nitrogen and oxygen atoms in total. The minimum Gasteiger partial charge on any atom is -0.468 e. The summed E-state index contributed by atoms with van der Waals surface area (Å²) in [5.74, 6) is 0.300. The van der Waals surface area contributed by atoms with E-state index >= 15 is 0 Å². The smallest absolute Gasteiger partial charge is 0.316 e. The molecule has 0 spiro atoms. The van der Waals surface area contributed by atoms with E-state index in [1.807, 2.05) is 0 Å². The number of methoxy groups -OCH3 is 1. The molecule has 2 aliphatic rings. The Morgan fingerprint density at radius 2 is 1.85 bits per heavy atom. The highest BCUT2D eigenvalue weighted by molar-refractivity contribution is 7.89. The molecule has 3 rings (SSSR count). The van der Waals surface area contributed by atoms with Crippen molar-refractivity contribution in [2.24, 2.45) is 5.92 Å². The predicted octanol–water partition coefficient (Wildman–Crippen LogP) is 1.90. The summed E-state index contributed by atoms with van der Waals surface area (Å²) in [6.45, 7) is 5.10. The number of ether oxygens (including phenoxy) is 1. The van der Waals surface area contributed by atoms with E-state index < -0.39 is 15.4 Å². The molecule has 7 heteroatoms. The predicted molar refractivity (Wildman–Crippen MR) is 99.4 cm³/mol. The lowest BCUT2D eigenvalue weighted by atomic mass is 9.96. The molecule has 0 radical (unpaired) electrons. The summed E-state index contributed by atoms with van der Waals surface area (Å²) < 4.78 is 32.3. The second-order valence-electron chi connectivity index (χ2n) is 7.25. The Kier molecular flexibility index (Phi) is 5.69. The Morgan fingerprint density at radius 1 is 1.23 bits per heavy atom. The molecule has 1 saturated heterocycles. The van der Waals surface area contributed by atoms with Crippen molar-refractivity contribution in [3.05, 3.63) is 29.8 Å². The molecule has 0 amide bonds. The van der Waals surface area contributed by atoms with Crippen molar-refractivity contribution in [1.29, 1.82) is 0 Å². The van der Waals surface area contributed by atoms with Gasteiger partial charge in [-0.1, -0.05) is 19.1 Å². The van der Waals surface area contributed by atoms with E-state index in [0.29, 0.717) is 23.9 Å². The zero-order valence-corrected chi connectivity index (χ0v) is 16.3. The van der Waals surface area contributed by atoms with Crippen LogP contribution in [0.4, 0.5) is 0 Å². The normalized spacial score (nSPS) is 20.7. The van der Waals surface area contributed by atoms with Gasteiger partial charge < -0.3 is 10.1 Å². The van der Waals surface area contributed by atoms with E-state index in [1.165, 1.54) is 7.11 Å². The highest BCUT2D eigenvalue weighted by atomic mass is 32.2. The van der Waals surface area contributed by atoms with Crippen molar-refractivity contribution in [3.8, 4) is 0 Å². The number of esters is 1. The molecule has 1 aromatic rings. The van der Waals surface area contributed by atoms with Crippen molar-refractivity contribution >= 4 is 16.0 Å². The zero-order valence-electron chi connectivity index (χ0n) is 15.5. The van der Waals surface area contributed by atoms with E-state index in [1.54, 1.807) is 28.6 Å². The van der Waals surface area contributed by atoms with Gasteiger partial charge in [0, 0.05) is 13.1 Å². The van der Waals surface area contributed by atoms with Crippen LogP contribution in [0.3, 0.4) is 0 Å². The molecule has 0 atom stereocenters. The summed E-state index contributed by atoms with van der Waals surface area (Å²) in [5.41, 5.74) is 0.273. The Bertz CT molecular complexity index is 733. The van der Waals surface area contributed by atoms with Gasteiger partial charge in [0.05, 0.1) is 17.4 Å². The summed E-state index contributed by atoms with van der Waals surface area (Å²) in [4.78, 5) is 12.3. The molecule has 1 aromatic carbocycles. The van der Waals surface area contributed by atoms with Crippen LogP contribution >= 0.6 is 0 Å². The van der Waals surface area contributed by atoms with Crippen molar-refractivity contribution in [2.45, 2.75) is 42.9 Å². The largest absolute Gasteiger partial charge is 0.468 e. The highest BCUT2D eigenvalue weighted by Crippen LogP contribution is 2.49. The maximum Gasteiger partial charge on any atom is 0.316 e. The first-order chi connectivity index (χ1) is 12.4. The molecule has 0 bridgehead atoms. The lowest BCUT2D eigenvalue weighted by molar-refractivity contribution is -0.143. The SMILES string of the molecule is CCNCC1CCN(S(=O)(=O)c2ccc(C3(C(=O)OC)CC3)cc2)CC1. The first-order valence-electron chi connectivity index (χ1n) is 9.34. The lowest BCUT2D eigenvalue weighted by Crippen LogP contribution is -2.40. The topological polar surface area (TPSA) is 75.7 Å². The number of nitrogens with zero attached hydrogens (tertiary/aromatic N) is 1. The van der Waals surface area contributed by atoms with Crippen molar-refractivity contribution < 1.29 is 17.9 Å². The van der Waals surface area contributed by atoms with E-state index in [2.05, 4.69) is 12.2 Å². The molecule has 144 valence electrons. The van der Waals surface area contributed by atoms with Gasteiger partial charge >= 0.3 is 5.97 Å². The molecule has 26 heavy (non-hydrogen) atoms. The molecular formula is C19H28N2O4S. The van der Waals surface area contributed by atoms with Crippen LogP contribution in [0.1, 0.15) is 38.2 Å². The van der Waals surface area contributed by atoms with Crippen LogP contribution in [-0.4, -0.2) is 52.0 Å². The van der Waals surface area contributed by atoms with Crippen LogP contribution in [0.15, 0.2) is 29.2 Å². The number of carbonyl (C=O) groups excluding carboxylic acids is 1. The number of benzene rings is 1. The van der Waals surface area contributed by atoms with Gasteiger partial charge in [-0.25, -0.2) is 8.42 Å². The van der Waals surface area contributed by atoms with Crippen LogP contribution in [0.2, 0.25) is 0 Å². The van der Waals surface area contributed by atoms with Gasteiger partial charge in [0.1, 0.15) is 0 Å². The van der Waals surface area contributed by atoms with Crippen LogP contribution in [0.5, 0.6) is 0 Å². The third kappa shape index (κ3) is 3.66. The van der Waals surface area contributed by atoms with Crippen molar-refractivity contribution in [1.82, 2.24) is 9.62 Å². The molecule has 1 N–H and O–H groups in total. The average molecular weight is 381 g/mol. The maximum absolute atomic E-state index is 12.9. The van der Waals surface area contributed by atoms with Gasteiger partial charge in [0.15, 0.2) is 0 Å². The lowest BCUT2D eigenvalue weighted by Gasteiger charge is -2.31. The molecule has 0 aromatic heterocycles. The summed E-state index contributed by atoms with van der Waals surface area (Å²) in [6.07, 6.45) is 3.28. The fourth-order valence-corrected chi connectivity index (χ4v) is 5.20. The van der Waals surface area contributed by atoms with Gasteiger partial charge in [0.2, 0.25) is 10.0 Å². The summed E-state index contributed by atoms with van der Waals surface area (Å²) in [6, 6.07) is 6.76. The highest BCUT2D eigenvalue weighted by Gasteiger charge is 2.52. The van der Waals surface area contributed by atoms with Gasteiger partial charge in [0.25, 0.3) is 0 Å². The Labute approximate surface area is 156 Å². The van der Waals surface area contributed by atoms with Crippen molar-refractivity contribution in [3.63, 3.8) is 0 Å². The molecule has 1 aliphatic carbocycles. The van der Waals surface area contributed by atoms with E-state index in [4.69, 9.17) is 4.74 Å². The second-order valence-corrected chi connectivity index (χ2v) is 9.19. The quantitative estimate of drug-likeness (QED) is 0.731. The Balaban J connectivity index is 1.68. The zero-order chi connectivity index (χ0) is 18.8. The number of hydrogen-bond acceptors (Lipinski definition) is 5.